The van der Waals surface area contributed by atoms with Gasteiger partial charge in [0.2, 0.25) is 5.82 Å². The highest BCUT2D eigenvalue weighted by molar-refractivity contribution is 6.35. The Hall–Kier alpha value is -2.79. The van der Waals surface area contributed by atoms with Crippen LogP contribution in [0.15, 0.2) is 33.8 Å². The molecule has 0 spiro atoms. The molecule has 0 amide bonds. The van der Waals surface area contributed by atoms with Crippen LogP contribution in [-0.2, 0) is 16.9 Å². The Labute approximate surface area is 200 Å². The standard InChI is InChI=1S/C23H27ClN6O4/c1-23(2,33-3)22-26-20(27-34-22)17-19-21(32)29(12-11-28-9-7-14(31)8-10-28)18-15(24)5-4-6-16(18)30(19)13-25-17/h4-6,13-14,31H,7-12H2,1-3H3. The van der Waals surface area contributed by atoms with Crippen LogP contribution in [0.3, 0.4) is 0 Å². The van der Waals surface area contributed by atoms with Crippen LogP contribution in [0.1, 0.15) is 32.6 Å². The van der Waals surface area contributed by atoms with Crippen molar-refractivity contribution in [3.8, 4) is 11.5 Å². The summed E-state index contributed by atoms with van der Waals surface area (Å²) in [6.45, 7) is 6.34. The molecule has 1 aromatic carbocycles. The van der Waals surface area contributed by atoms with Crippen LogP contribution in [0.5, 0.6) is 0 Å². The van der Waals surface area contributed by atoms with Crippen molar-refractivity contribution in [1.29, 1.82) is 0 Å². The third-order valence-corrected chi connectivity index (χ3v) is 6.88. The number of aliphatic hydroxyl groups is 1. The lowest BCUT2D eigenvalue weighted by molar-refractivity contribution is -0.00786. The van der Waals surface area contributed by atoms with Gasteiger partial charge in [-0.2, -0.15) is 4.98 Å². The zero-order valence-corrected chi connectivity index (χ0v) is 20.1. The van der Waals surface area contributed by atoms with E-state index in [0.29, 0.717) is 40.7 Å². The van der Waals surface area contributed by atoms with Crippen LogP contribution in [0.2, 0.25) is 5.02 Å². The fourth-order valence-corrected chi connectivity index (χ4v) is 4.61. The molecule has 1 fully saturated rings. The number of aromatic nitrogens is 5. The highest BCUT2D eigenvalue weighted by Crippen LogP contribution is 2.28. The van der Waals surface area contributed by atoms with Gasteiger partial charge in [0.25, 0.3) is 11.4 Å². The van der Waals surface area contributed by atoms with E-state index in [1.165, 1.54) is 0 Å². The lowest BCUT2D eigenvalue weighted by Crippen LogP contribution is -2.39. The van der Waals surface area contributed by atoms with E-state index in [9.17, 15) is 9.90 Å². The summed E-state index contributed by atoms with van der Waals surface area (Å²) in [5.41, 5.74) is 1.09. The molecule has 0 radical (unpaired) electrons. The number of likely N-dealkylation sites (tertiary alicyclic amines) is 1. The molecule has 1 N–H and O–H groups in total. The second kappa shape index (κ2) is 8.77. The van der Waals surface area contributed by atoms with E-state index in [1.54, 1.807) is 28.5 Å². The summed E-state index contributed by atoms with van der Waals surface area (Å²) in [6.07, 6.45) is 2.81. The van der Waals surface area contributed by atoms with Crippen LogP contribution in [0.4, 0.5) is 0 Å². The fourth-order valence-electron chi connectivity index (χ4n) is 4.34. The average Bonchev–Trinajstić information content (AvgIpc) is 3.48. The number of piperidine rings is 1. The molecule has 5 rings (SSSR count). The maximum Gasteiger partial charge on any atom is 0.277 e. The van der Waals surface area contributed by atoms with Crippen LogP contribution >= 0.6 is 11.6 Å². The molecular weight excluding hydrogens is 460 g/mol. The summed E-state index contributed by atoms with van der Waals surface area (Å²) in [6, 6.07) is 5.53. The summed E-state index contributed by atoms with van der Waals surface area (Å²) < 4.78 is 14.3. The number of ether oxygens (including phenoxy) is 1. The van der Waals surface area contributed by atoms with E-state index in [-0.39, 0.29) is 17.5 Å². The van der Waals surface area contributed by atoms with Gasteiger partial charge in [0.1, 0.15) is 23.1 Å². The Morgan fingerprint density at radius 3 is 2.74 bits per heavy atom. The van der Waals surface area contributed by atoms with Crippen molar-refractivity contribution in [2.45, 2.75) is 44.9 Å². The molecular formula is C23H27ClN6O4. The van der Waals surface area contributed by atoms with Crippen LogP contribution < -0.4 is 5.56 Å². The number of hydrogen-bond acceptors (Lipinski definition) is 8. The van der Waals surface area contributed by atoms with Gasteiger partial charge in [-0.3, -0.25) is 9.20 Å². The minimum Gasteiger partial charge on any atom is -0.393 e. The maximum absolute atomic E-state index is 13.8. The number of methoxy groups -OCH3 is 1. The molecule has 4 heterocycles. The molecule has 1 aliphatic rings. The van der Waals surface area contributed by atoms with Gasteiger partial charge in [0.15, 0.2) is 0 Å². The number of nitrogens with zero attached hydrogens (tertiary/aromatic N) is 6. The summed E-state index contributed by atoms with van der Waals surface area (Å²) in [5, 5.41) is 14.4. The molecule has 0 atom stereocenters. The first kappa shape index (κ1) is 23.0. The number of para-hydroxylation sites is 1. The molecule has 0 aliphatic carbocycles. The van der Waals surface area contributed by atoms with E-state index in [0.717, 1.165) is 31.4 Å². The Bertz CT molecular complexity index is 1400. The summed E-state index contributed by atoms with van der Waals surface area (Å²) >= 11 is 6.57. The van der Waals surface area contributed by atoms with Crippen molar-refractivity contribution in [3.63, 3.8) is 0 Å². The molecule has 4 aromatic rings. The molecule has 1 aliphatic heterocycles. The molecule has 0 saturated carbocycles. The van der Waals surface area contributed by atoms with Crippen molar-refractivity contribution in [2.24, 2.45) is 0 Å². The van der Waals surface area contributed by atoms with Crippen molar-refractivity contribution in [3.05, 3.63) is 45.8 Å². The summed E-state index contributed by atoms with van der Waals surface area (Å²) in [4.78, 5) is 25.0. The van der Waals surface area contributed by atoms with E-state index in [1.807, 2.05) is 26.0 Å². The maximum atomic E-state index is 13.8. The number of aliphatic hydroxyl groups excluding tert-OH is 1. The third-order valence-electron chi connectivity index (χ3n) is 6.57. The summed E-state index contributed by atoms with van der Waals surface area (Å²) in [7, 11) is 1.56. The molecule has 1 saturated heterocycles. The lowest BCUT2D eigenvalue weighted by atomic mass is 10.1. The minimum absolute atomic E-state index is 0.220. The van der Waals surface area contributed by atoms with Gasteiger partial charge >= 0.3 is 0 Å². The number of hydrogen-bond donors (Lipinski definition) is 1. The zero-order chi connectivity index (χ0) is 24.0. The number of imidazole rings is 1. The first-order valence-electron chi connectivity index (χ1n) is 11.3. The van der Waals surface area contributed by atoms with Gasteiger partial charge in [-0.1, -0.05) is 22.8 Å². The molecule has 34 heavy (non-hydrogen) atoms. The second-order valence-corrected chi connectivity index (χ2v) is 9.49. The van der Waals surface area contributed by atoms with Crippen molar-refractivity contribution < 1.29 is 14.4 Å². The highest BCUT2D eigenvalue weighted by Gasteiger charge is 2.29. The van der Waals surface area contributed by atoms with E-state index >= 15 is 0 Å². The van der Waals surface area contributed by atoms with E-state index in [2.05, 4.69) is 20.0 Å². The Kier molecular flexibility index (Phi) is 5.93. The van der Waals surface area contributed by atoms with Crippen molar-refractivity contribution in [1.82, 2.24) is 29.0 Å². The second-order valence-electron chi connectivity index (χ2n) is 9.09. The Morgan fingerprint density at radius 1 is 1.24 bits per heavy atom. The Morgan fingerprint density at radius 2 is 2.00 bits per heavy atom. The van der Waals surface area contributed by atoms with Gasteiger partial charge in [-0.05, 0) is 38.8 Å². The van der Waals surface area contributed by atoms with Crippen LogP contribution in [-0.4, -0.2) is 66.9 Å². The molecule has 0 bridgehead atoms. The van der Waals surface area contributed by atoms with Gasteiger partial charge in [-0.15, -0.1) is 0 Å². The monoisotopic (exact) mass is 486 g/mol. The van der Waals surface area contributed by atoms with Gasteiger partial charge in [0, 0.05) is 33.3 Å². The average molecular weight is 487 g/mol. The predicted octanol–water partition coefficient (Wildman–Crippen LogP) is 2.69. The normalized spacial score (nSPS) is 16.1. The smallest absolute Gasteiger partial charge is 0.277 e. The molecule has 0 unspecified atom stereocenters. The highest BCUT2D eigenvalue weighted by atomic mass is 35.5. The van der Waals surface area contributed by atoms with Crippen LogP contribution in [0, 0.1) is 0 Å². The van der Waals surface area contributed by atoms with Gasteiger partial charge in [-0.25, -0.2) is 4.98 Å². The van der Waals surface area contributed by atoms with Gasteiger partial charge in [0.05, 0.1) is 22.2 Å². The predicted molar refractivity (Wildman–Crippen MR) is 127 cm³/mol. The number of fused-ring (bicyclic) bond motifs is 3. The molecule has 3 aromatic heterocycles. The molecule has 10 nitrogen and oxygen atoms in total. The minimum atomic E-state index is -0.775. The quantitative estimate of drug-likeness (QED) is 0.443. The number of halogens is 1. The summed E-state index contributed by atoms with van der Waals surface area (Å²) in [5.74, 6) is 0.514. The van der Waals surface area contributed by atoms with E-state index in [4.69, 9.17) is 20.9 Å². The van der Waals surface area contributed by atoms with Crippen molar-refractivity contribution in [2.75, 3.05) is 26.7 Å². The first-order chi connectivity index (χ1) is 16.3. The lowest BCUT2D eigenvalue weighted by Gasteiger charge is -2.29. The molecule has 180 valence electrons. The topological polar surface area (TPSA) is 111 Å². The Balaban J connectivity index is 1.63. The third kappa shape index (κ3) is 3.90. The number of benzene rings is 1. The fraction of sp³-hybridized carbons (Fsp3) is 0.478. The zero-order valence-electron chi connectivity index (χ0n) is 19.4. The van der Waals surface area contributed by atoms with Crippen LogP contribution in [0.25, 0.3) is 28.1 Å². The largest absolute Gasteiger partial charge is 0.393 e. The van der Waals surface area contributed by atoms with Crippen molar-refractivity contribution >= 4 is 28.2 Å². The van der Waals surface area contributed by atoms with Gasteiger partial charge < -0.3 is 23.8 Å². The molecule has 11 heteroatoms. The first-order valence-corrected chi connectivity index (χ1v) is 11.7. The number of rotatable bonds is 6. The SMILES string of the molecule is COC(C)(C)c1nc(-c2ncn3c2c(=O)n(CCN2CCC(O)CC2)c2c(Cl)cccc23)no1. The van der Waals surface area contributed by atoms with E-state index < -0.39 is 5.60 Å².